The van der Waals surface area contributed by atoms with Gasteiger partial charge in [0.15, 0.2) is 0 Å². The van der Waals surface area contributed by atoms with E-state index in [0.717, 1.165) is 32.1 Å². The molecule has 0 atom stereocenters. The number of imide groups is 1. The molecule has 7 heteroatoms. The number of amides is 4. The highest BCUT2D eigenvalue weighted by Crippen LogP contribution is 2.34. The second-order valence-corrected chi connectivity index (χ2v) is 8.53. The zero-order valence-corrected chi connectivity index (χ0v) is 16.7. The van der Waals surface area contributed by atoms with E-state index in [4.69, 9.17) is 0 Å². The zero-order chi connectivity index (χ0) is 20.4. The van der Waals surface area contributed by atoms with E-state index in [0.29, 0.717) is 31.8 Å². The number of likely N-dealkylation sites (tertiary alicyclic amines) is 1. The van der Waals surface area contributed by atoms with Crippen LogP contribution in [0, 0.1) is 0 Å². The predicted molar refractivity (Wildman–Crippen MR) is 107 cm³/mol. The van der Waals surface area contributed by atoms with E-state index >= 15 is 0 Å². The average Bonchev–Trinajstić information content (AvgIpc) is 2.96. The van der Waals surface area contributed by atoms with Crippen molar-refractivity contribution in [3.63, 3.8) is 0 Å². The van der Waals surface area contributed by atoms with Crippen molar-refractivity contribution in [2.75, 3.05) is 19.6 Å². The number of nitrogens with zero attached hydrogens (tertiary/aromatic N) is 2. The van der Waals surface area contributed by atoms with Crippen molar-refractivity contribution >= 4 is 17.8 Å². The lowest BCUT2D eigenvalue weighted by atomic mass is 9.82. The Morgan fingerprint density at radius 3 is 2.38 bits per heavy atom. The summed E-state index contributed by atoms with van der Waals surface area (Å²) >= 11 is 0. The first-order valence-electron chi connectivity index (χ1n) is 10.7. The van der Waals surface area contributed by atoms with Crippen LogP contribution < -0.4 is 5.32 Å². The van der Waals surface area contributed by atoms with Gasteiger partial charge in [-0.1, -0.05) is 31.4 Å². The van der Waals surface area contributed by atoms with Crippen LogP contribution >= 0.6 is 0 Å². The summed E-state index contributed by atoms with van der Waals surface area (Å²) in [4.78, 5) is 40.9. The zero-order valence-electron chi connectivity index (χ0n) is 16.7. The molecule has 0 unspecified atom stereocenters. The van der Waals surface area contributed by atoms with E-state index < -0.39 is 5.54 Å². The first-order valence-corrected chi connectivity index (χ1v) is 10.7. The molecule has 3 fully saturated rings. The summed E-state index contributed by atoms with van der Waals surface area (Å²) < 4.78 is 0. The molecule has 1 aliphatic carbocycles. The molecule has 1 spiro atoms. The lowest BCUT2D eigenvalue weighted by Crippen LogP contribution is -2.48. The molecule has 2 saturated heterocycles. The molecule has 1 aromatic rings. The van der Waals surface area contributed by atoms with Crippen molar-refractivity contribution in [3.8, 4) is 5.75 Å². The lowest BCUT2D eigenvalue weighted by Gasteiger charge is -2.33. The Labute approximate surface area is 171 Å². The van der Waals surface area contributed by atoms with Gasteiger partial charge in [0.2, 0.25) is 5.91 Å². The molecule has 0 aromatic heterocycles. The van der Waals surface area contributed by atoms with Crippen LogP contribution in [0.4, 0.5) is 4.79 Å². The Bertz CT molecular complexity index is 778. The molecule has 7 nitrogen and oxygen atoms in total. The van der Waals surface area contributed by atoms with Crippen molar-refractivity contribution in [1.82, 2.24) is 15.1 Å². The summed E-state index contributed by atoms with van der Waals surface area (Å²) in [5.41, 5.74) is 0.466. The van der Waals surface area contributed by atoms with Crippen LogP contribution in [-0.4, -0.2) is 57.9 Å². The van der Waals surface area contributed by atoms with Gasteiger partial charge in [0.05, 0.1) is 0 Å². The number of urea groups is 1. The van der Waals surface area contributed by atoms with E-state index in [9.17, 15) is 19.5 Å². The SMILES string of the molecule is O=C(CCN1C(=O)NC2(CCCCC2)C1=O)N1CCC(c2ccc(O)cc2)CC1. The Morgan fingerprint density at radius 2 is 1.72 bits per heavy atom. The Morgan fingerprint density at radius 1 is 1.07 bits per heavy atom. The maximum absolute atomic E-state index is 12.8. The largest absolute Gasteiger partial charge is 0.508 e. The topological polar surface area (TPSA) is 90.0 Å². The monoisotopic (exact) mass is 399 g/mol. The summed E-state index contributed by atoms with van der Waals surface area (Å²) in [6.07, 6.45) is 6.34. The van der Waals surface area contributed by atoms with Crippen molar-refractivity contribution in [3.05, 3.63) is 29.8 Å². The fourth-order valence-corrected chi connectivity index (χ4v) is 4.95. The fraction of sp³-hybridized carbons (Fsp3) is 0.591. The Balaban J connectivity index is 1.28. The number of carbonyl (C=O) groups excluding carboxylic acids is 3. The Kier molecular flexibility index (Phi) is 5.48. The molecule has 156 valence electrons. The lowest BCUT2D eigenvalue weighted by molar-refractivity contribution is -0.134. The molecular weight excluding hydrogens is 370 g/mol. The van der Waals surface area contributed by atoms with Gasteiger partial charge in [-0.3, -0.25) is 14.5 Å². The molecule has 4 amide bonds. The second-order valence-electron chi connectivity index (χ2n) is 8.53. The molecule has 3 aliphatic rings. The third-order valence-corrected chi connectivity index (χ3v) is 6.71. The van der Waals surface area contributed by atoms with Crippen LogP contribution in [0.3, 0.4) is 0 Å². The molecule has 2 heterocycles. The van der Waals surface area contributed by atoms with Crippen molar-refractivity contribution < 1.29 is 19.5 Å². The molecule has 0 radical (unpaired) electrons. The normalized spacial score (nSPS) is 22.2. The van der Waals surface area contributed by atoms with Gasteiger partial charge in [-0.2, -0.15) is 0 Å². The first kappa shape index (κ1) is 19.7. The molecule has 29 heavy (non-hydrogen) atoms. The minimum absolute atomic E-state index is 0.000602. The maximum atomic E-state index is 12.8. The third kappa shape index (κ3) is 3.95. The van der Waals surface area contributed by atoms with Gasteiger partial charge in [-0.25, -0.2) is 4.79 Å². The average molecular weight is 399 g/mol. The quantitative estimate of drug-likeness (QED) is 0.762. The van der Waals surface area contributed by atoms with Crippen molar-refractivity contribution in [1.29, 1.82) is 0 Å². The summed E-state index contributed by atoms with van der Waals surface area (Å²) in [6, 6.07) is 6.93. The molecule has 2 N–H and O–H groups in total. The van der Waals surface area contributed by atoms with Gasteiger partial charge in [0.25, 0.3) is 5.91 Å². The predicted octanol–water partition coefficient (Wildman–Crippen LogP) is 2.74. The van der Waals surface area contributed by atoms with E-state index in [2.05, 4.69) is 5.32 Å². The number of aromatic hydroxyl groups is 1. The summed E-state index contributed by atoms with van der Waals surface area (Å²) in [6.45, 7) is 1.51. The van der Waals surface area contributed by atoms with Crippen LogP contribution in [0.1, 0.15) is 62.8 Å². The van der Waals surface area contributed by atoms with E-state index in [1.165, 1.54) is 10.5 Å². The van der Waals surface area contributed by atoms with Gasteiger partial charge < -0.3 is 15.3 Å². The second kappa shape index (κ2) is 8.05. The molecular formula is C22H29N3O4. The van der Waals surface area contributed by atoms with Crippen LogP contribution in [0.2, 0.25) is 0 Å². The molecule has 2 aliphatic heterocycles. The van der Waals surface area contributed by atoms with E-state index in [-0.39, 0.29) is 36.6 Å². The van der Waals surface area contributed by atoms with Crippen molar-refractivity contribution in [2.24, 2.45) is 0 Å². The molecule has 4 rings (SSSR count). The van der Waals surface area contributed by atoms with E-state index in [1.54, 1.807) is 12.1 Å². The van der Waals surface area contributed by atoms with Crippen LogP contribution in [0.15, 0.2) is 24.3 Å². The van der Waals surface area contributed by atoms with Gasteiger partial charge in [0, 0.05) is 26.1 Å². The van der Waals surface area contributed by atoms with Crippen molar-refractivity contribution in [2.45, 2.75) is 62.8 Å². The van der Waals surface area contributed by atoms with Crippen LogP contribution in [0.25, 0.3) is 0 Å². The third-order valence-electron chi connectivity index (χ3n) is 6.71. The standard InChI is InChI=1S/C22H29N3O4/c26-18-6-4-16(5-7-18)17-8-13-24(14-9-17)19(27)10-15-25-20(28)22(23-21(25)29)11-2-1-3-12-22/h4-7,17,26H,1-3,8-15H2,(H,23,29). The van der Waals surface area contributed by atoms with Crippen LogP contribution in [-0.2, 0) is 9.59 Å². The van der Waals surface area contributed by atoms with Gasteiger partial charge >= 0.3 is 6.03 Å². The van der Waals surface area contributed by atoms with Gasteiger partial charge in [-0.15, -0.1) is 0 Å². The highest BCUT2D eigenvalue weighted by molar-refractivity contribution is 6.07. The summed E-state index contributed by atoms with van der Waals surface area (Å²) in [7, 11) is 0. The highest BCUT2D eigenvalue weighted by atomic mass is 16.3. The maximum Gasteiger partial charge on any atom is 0.325 e. The van der Waals surface area contributed by atoms with Crippen LogP contribution in [0.5, 0.6) is 5.75 Å². The number of nitrogens with one attached hydrogen (secondary N) is 1. The van der Waals surface area contributed by atoms with Gasteiger partial charge in [0.1, 0.15) is 11.3 Å². The number of hydrogen-bond acceptors (Lipinski definition) is 4. The molecule has 1 saturated carbocycles. The molecule has 0 bridgehead atoms. The number of hydrogen-bond donors (Lipinski definition) is 2. The fourth-order valence-electron chi connectivity index (χ4n) is 4.95. The minimum Gasteiger partial charge on any atom is -0.508 e. The number of phenolic OH excluding ortho intramolecular Hbond substituents is 1. The number of carbonyl (C=O) groups is 3. The van der Waals surface area contributed by atoms with E-state index in [1.807, 2.05) is 17.0 Å². The summed E-state index contributed by atoms with van der Waals surface area (Å²) in [5.74, 6) is 0.494. The number of benzene rings is 1. The van der Waals surface area contributed by atoms with Gasteiger partial charge in [-0.05, 0) is 49.3 Å². The number of piperidine rings is 1. The molecule has 1 aromatic carbocycles. The number of phenols is 1. The summed E-state index contributed by atoms with van der Waals surface area (Å²) in [5, 5.41) is 12.3. The highest BCUT2D eigenvalue weighted by Gasteiger charge is 2.51. The first-order chi connectivity index (χ1) is 14.0. The minimum atomic E-state index is -0.721. The Hall–Kier alpha value is -2.57. The number of rotatable bonds is 4. The smallest absolute Gasteiger partial charge is 0.325 e.